The van der Waals surface area contributed by atoms with Gasteiger partial charge in [-0.3, -0.25) is 0 Å². The second-order valence-corrected chi connectivity index (χ2v) is 5.43. The van der Waals surface area contributed by atoms with E-state index in [1.54, 1.807) is 0 Å². The van der Waals surface area contributed by atoms with E-state index in [1.807, 2.05) is 0 Å². The Morgan fingerprint density at radius 2 is 1.20 bits per heavy atom. The van der Waals surface area contributed by atoms with Crippen LogP contribution in [0.2, 0.25) is 0 Å². The van der Waals surface area contributed by atoms with Crippen LogP contribution in [0.25, 0.3) is 0 Å². The van der Waals surface area contributed by atoms with Crippen LogP contribution in [0.3, 0.4) is 0 Å². The first-order valence-corrected chi connectivity index (χ1v) is 7.20. The first-order valence-electron chi connectivity index (χ1n) is 7.20. The summed E-state index contributed by atoms with van der Waals surface area (Å²) < 4.78 is 0. The zero-order chi connectivity index (χ0) is 11.5. The minimum Gasteiger partial charge on any atom is -0.0654 e. The van der Waals surface area contributed by atoms with Crippen LogP contribution in [0.1, 0.15) is 85.5 Å². The fraction of sp³-hybridized carbons (Fsp3) is 1.00. The highest BCUT2D eigenvalue weighted by Gasteiger charge is 2.05. The monoisotopic (exact) mass is 212 g/mol. The zero-order valence-corrected chi connectivity index (χ0v) is 11.5. The average Bonchev–Trinajstić information content (AvgIpc) is 2.22. The summed E-state index contributed by atoms with van der Waals surface area (Å²) in [7, 11) is 0. The quantitative estimate of drug-likeness (QED) is 0.401. The van der Waals surface area contributed by atoms with Crippen LogP contribution in [0.4, 0.5) is 0 Å². The number of unbranched alkanes of at least 4 members (excludes halogenated alkanes) is 3. The second-order valence-electron chi connectivity index (χ2n) is 5.43. The van der Waals surface area contributed by atoms with E-state index in [9.17, 15) is 0 Å². The lowest BCUT2D eigenvalue weighted by Gasteiger charge is -2.14. The predicted molar refractivity (Wildman–Crippen MR) is 71.2 cm³/mol. The SMILES string of the molecule is CCCCCCC(C)CCC(C)CCC. The summed E-state index contributed by atoms with van der Waals surface area (Å²) in [5.74, 6) is 1.91. The van der Waals surface area contributed by atoms with Crippen LogP contribution in [-0.4, -0.2) is 0 Å². The second kappa shape index (κ2) is 10.5. The lowest BCUT2D eigenvalue weighted by atomic mass is 9.92. The molecule has 15 heavy (non-hydrogen) atoms. The summed E-state index contributed by atoms with van der Waals surface area (Å²) in [6, 6.07) is 0. The average molecular weight is 212 g/mol. The van der Waals surface area contributed by atoms with Crippen molar-refractivity contribution in [2.24, 2.45) is 11.8 Å². The van der Waals surface area contributed by atoms with Crippen molar-refractivity contribution in [2.45, 2.75) is 85.5 Å². The molecule has 0 bridgehead atoms. The smallest absolute Gasteiger partial charge is 0.0443 e. The molecular formula is C15H32. The fourth-order valence-corrected chi connectivity index (χ4v) is 2.27. The molecule has 0 aromatic heterocycles. The van der Waals surface area contributed by atoms with Crippen molar-refractivity contribution >= 4 is 0 Å². The lowest BCUT2D eigenvalue weighted by molar-refractivity contribution is 0.385. The van der Waals surface area contributed by atoms with E-state index < -0.39 is 0 Å². The van der Waals surface area contributed by atoms with Gasteiger partial charge in [-0.05, 0) is 11.8 Å². The molecule has 92 valence electrons. The molecule has 0 heterocycles. The Morgan fingerprint density at radius 3 is 1.73 bits per heavy atom. The molecule has 0 aliphatic rings. The van der Waals surface area contributed by atoms with Gasteiger partial charge in [0.2, 0.25) is 0 Å². The highest BCUT2D eigenvalue weighted by Crippen LogP contribution is 2.20. The highest BCUT2D eigenvalue weighted by molar-refractivity contribution is 4.58. The summed E-state index contributed by atoms with van der Waals surface area (Å²) in [6.07, 6.45) is 12.8. The van der Waals surface area contributed by atoms with Crippen molar-refractivity contribution < 1.29 is 0 Å². The van der Waals surface area contributed by atoms with Gasteiger partial charge in [-0.15, -0.1) is 0 Å². The molecule has 0 spiro atoms. The van der Waals surface area contributed by atoms with Crippen molar-refractivity contribution in [3.8, 4) is 0 Å². The van der Waals surface area contributed by atoms with Crippen LogP contribution in [-0.2, 0) is 0 Å². The van der Waals surface area contributed by atoms with Crippen molar-refractivity contribution in [2.75, 3.05) is 0 Å². The van der Waals surface area contributed by atoms with Gasteiger partial charge >= 0.3 is 0 Å². The molecule has 0 rings (SSSR count). The van der Waals surface area contributed by atoms with Gasteiger partial charge in [-0.2, -0.15) is 0 Å². The topological polar surface area (TPSA) is 0 Å². The highest BCUT2D eigenvalue weighted by atomic mass is 14.1. The predicted octanol–water partition coefficient (Wildman–Crippen LogP) is 5.81. The van der Waals surface area contributed by atoms with Crippen LogP contribution >= 0.6 is 0 Å². The lowest BCUT2D eigenvalue weighted by Crippen LogP contribution is -2.00. The Bertz CT molecular complexity index is 117. The number of hydrogen-bond acceptors (Lipinski definition) is 0. The van der Waals surface area contributed by atoms with Crippen molar-refractivity contribution in [1.29, 1.82) is 0 Å². The molecule has 0 heteroatoms. The summed E-state index contributed by atoms with van der Waals surface area (Å²) in [5, 5.41) is 0. The van der Waals surface area contributed by atoms with Crippen molar-refractivity contribution in [3.63, 3.8) is 0 Å². The van der Waals surface area contributed by atoms with Gasteiger partial charge in [0.15, 0.2) is 0 Å². The molecule has 0 saturated heterocycles. The fourth-order valence-electron chi connectivity index (χ4n) is 2.27. The molecule has 0 amide bonds. The van der Waals surface area contributed by atoms with Crippen LogP contribution in [0, 0.1) is 11.8 Å². The van der Waals surface area contributed by atoms with Crippen molar-refractivity contribution in [1.82, 2.24) is 0 Å². The van der Waals surface area contributed by atoms with E-state index >= 15 is 0 Å². The van der Waals surface area contributed by atoms with Crippen LogP contribution in [0.5, 0.6) is 0 Å². The molecule has 0 aliphatic heterocycles. The van der Waals surface area contributed by atoms with Gasteiger partial charge in [0.1, 0.15) is 0 Å². The van der Waals surface area contributed by atoms with Crippen LogP contribution < -0.4 is 0 Å². The van der Waals surface area contributed by atoms with E-state index in [1.165, 1.54) is 57.8 Å². The standard InChI is InChI=1S/C15H32/c1-5-7-8-9-11-15(4)13-12-14(3)10-6-2/h14-15H,5-13H2,1-4H3. The summed E-state index contributed by atoms with van der Waals surface area (Å²) in [5.41, 5.74) is 0. The van der Waals surface area contributed by atoms with Crippen LogP contribution in [0.15, 0.2) is 0 Å². The molecule has 0 saturated carbocycles. The van der Waals surface area contributed by atoms with E-state index in [0.717, 1.165) is 11.8 Å². The molecule has 0 aromatic rings. The molecule has 0 nitrogen and oxygen atoms in total. The van der Waals surface area contributed by atoms with Gasteiger partial charge < -0.3 is 0 Å². The maximum atomic E-state index is 2.44. The maximum Gasteiger partial charge on any atom is -0.0443 e. The molecule has 0 fully saturated rings. The normalized spacial score (nSPS) is 15.2. The minimum absolute atomic E-state index is 0.952. The number of rotatable bonds is 10. The van der Waals surface area contributed by atoms with Gasteiger partial charge in [0.05, 0.1) is 0 Å². The molecule has 0 aliphatic carbocycles. The zero-order valence-electron chi connectivity index (χ0n) is 11.5. The molecule has 2 unspecified atom stereocenters. The molecule has 0 radical (unpaired) electrons. The van der Waals surface area contributed by atoms with E-state index in [0.29, 0.717) is 0 Å². The third-order valence-corrected chi connectivity index (χ3v) is 3.48. The van der Waals surface area contributed by atoms with Crippen molar-refractivity contribution in [3.05, 3.63) is 0 Å². The Morgan fingerprint density at radius 1 is 0.600 bits per heavy atom. The third-order valence-electron chi connectivity index (χ3n) is 3.48. The Labute approximate surface area is 97.8 Å². The number of hydrogen-bond donors (Lipinski definition) is 0. The van der Waals surface area contributed by atoms with Gasteiger partial charge in [-0.1, -0.05) is 85.5 Å². The summed E-state index contributed by atoms with van der Waals surface area (Å²) in [4.78, 5) is 0. The Hall–Kier alpha value is 0. The molecular weight excluding hydrogens is 180 g/mol. The Kier molecular flexibility index (Phi) is 10.5. The van der Waals surface area contributed by atoms with Gasteiger partial charge in [-0.25, -0.2) is 0 Å². The summed E-state index contributed by atoms with van der Waals surface area (Å²) >= 11 is 0. The van der Waals surface area contributed by atoms with E-state index in [4.69, 9.17) is 0 Å². The van der Waals surface area contributed by atoms with E-state index in [-0.39, 0.29) is 0 Å². The molecule has 2 atom stereocenters. The first-order chi connectivity index (χ1) is 7.20. The van der Waals surface area contributed by atoms with E-state index in [2.05, 4.69) is 27.7 Å². The third kappa shape index (κ3) is 10.3. The first kappa shape index (κ1) is 15.0. The minimum atomic E-state index is 0.952. The Balaban J connectivity index is 3.28. The molecule has 0 aromatic carbocycles. The van der Waals surface area contributed by atoms with Gasteiger partial charge in [0.25, 0.3) is 0 Å². The molecule has 0 N–H and O–H groups in total. The maximum absolute atomic E-state index is 2.44. The summed E-state index contributed by atoms with van der Waals surface area (Å²) in [6.45, 7) is 9.43. The van der Waals surface area contributed by atoms with Gasteiger partial charge in [0, 0.05) is 0 Å². The largest absolute Gasteiger partial charge is 0.0654 e.